The van der Waals surface area contributed by atoms with Crippen LogP contribution in [0.4, 0.5) is 17.6 Å². The molecule has 6 aromatic rings. The van der Waals surface area contributed by atoms with E-state index in [2.05, 4.69) is 22.5 Å². The zero-order valence-electron chi connectivity index (χ0n) is 35.2. The van der Waals surface area contributed by atoms with E-state index in [1.165, 1.54) is 0 Å². The molecule has 0 radical (unpaired) electrons. The van der Waals surface area contributed by atoms with Gasteiger partial charge in [-0.05, 0) is 69.5 Å². The van der Waals surface area contributed by atoms with E-state index >= 15 is 0 Å². The van der Waals surface area contributed by atoms with Crippen molar-refractivity contribution in [1.29, 1.82) is 0 Å². The Balaban J connectivity index is 0.000000171. The second-order valence-corrected chi connectivity index (χ2v) is 16.4. The minimum Gasteiger partial charge on any atom is -0.493 e. The Morgan fingerprint density at radius 1 is 0.726 bits per heavy atom. The minimum atomic E-state index is -0.980. The lowest BCUT2D eigenvalue weighted by atomic mass is 9.86. The summed E-state index contributed by atoms with van der Waals surface area (Å²) in [6.07, 6.45) is 8.34. The summed E-state index contributed by atoms with van der Waals surface area (Å²) in [6.45, 7) is 7.00. The molecule has 326 valence electrons. The first kappa shape index (κ1) is 42.7. The summed E-state index contributed by atoms with van der Waals surface area (Å²) >= 11 is 0. The molecule has 2 atom stereocenters. The fourth-order valence-electron chi connectivity index (χ4n) is 8.26. The Hall–Kier alpha value is -6.00. The molecular formula is C46H48F4N6O6. The van der Waals surface area contributed by atoms with E-state index in [0.29, 0.717) is 65.5 Å². The van der Waals surface area contributed by atoms with Crippen molar-refractivity contribution in [2.24, 2.45) is 0 Å². The number of halogens is 4. The topological polar surface area (TPSA) is 130 Å². The van der Waals surface area contributed by atoms with E-state index < -0.39 is 34.3 Å². The van der Waals surface area contributed by atoms with Crippen LogP contribution in [-0.4, -0.2) is 58.0 Å². The lowest BCUT2D eigenvalue weighted by molar-refractivity contribution is 0.0864. The molecule has 2 aromatic carbocycles. The number of nitrogens with zero attached hydrogens (tertiary/aromatic N) is 4. The molecule has 16 heteroatoms. The van der Waals surface area contributed by atoms with Gasteiger partial charge < -0.3 is 38.4 Å². The van der Waals surface area contributed by atoms with Crippen LogP contribution in [0.3, 0.4) is 0 Å². The largest absolute Gasteiger partial charge is 0.493 e. The number of nitrogens with one attached hydrogen (secondary N) is 2. The highest BCUT2D eigenvalue weighted by Crippen LogP contribution is 2.41. The summed E-state index contributed by atoms with van der Waals surface area (Å²) in [4.78, 5) is 36.1. The van der Waals surface area contributed by atoms with Gasteiger partial charge in [0.05, 0.1) is 60.0 Å². The molecular weight excluding hydrogens is 809 g/mol. The maximum absolute atomic E-state index is 13.9. The Kier molecular flexibility index (Phi) is 11.7. The van der Waals surface area contributed by atoms with Gasteiger partial charge in [-0.3, -0.25) is 9.59 Å². The number of aryl methyl sites for hydroxylation is 1. The van der Waals surface area contributed by atoms with Crippen LogP contribution in [0, 0.1) is 23.3 Å². The van der Waals surface area contributed by atoms with Gasteiger partial charge in [-0.25, -0.2) is 27.5 Å². The molecule has 2 amide bonds. The van der Waals surface area contributed by atoms with E-state index in [4.69, 9.17) is 23.9 Å². The van der Waals surface area contributed by atoms with Crippen LogP contribution < -0.4 is 20.1 Å². The Labute approximate surface area is 355 Å². The summed E-state index contributed by atoms with van der Waals surface area (Å²) in [5, 5.41) is 6.02. The summed E-state index contributed by atoms with van der Waals surface area (Å²) < 4.78 is 80.5. The Morgan fingerprint density at radius 2 is 1.19 bits per heavy atom. The number of rotatable bonds is 11. The van der Waals surface area contributed by atoms with Crippen LogP contribution in [0.5, 0.6) is 11.5 Å². The highest BCUT2D eigenvalue weighted by Gasteiger charge is 2.38. The number of fused-ring (bicyclic) bond motifs is 4. The number of hydrogen-bond donors (Lipinski definition) is 2. The molecule has 6 heterocycles. The first-order valence-electron chi connectivity index (χ1n) is 20.6. The van der Waals surface area contributed by atoms with Crippen LogP contribution in [-0.2, 0) is 40.2 Å². The third-order valence-electron chi connectivity index (χ3n) is 11.8. The van der Waals surface area contributed by atoms with Crippen LogP contribution >= 0.6 is 0 Å². The van der Waals surface area contributed by atoms with Gasteiger partial charge >= 0.3 is 0 Å². The first-order chi connectivity index (χ1) is 29.7. The van der Waals surface area contributed by atoms with Crippen molar-refractivity contribution >= 4 is 23.1 Å². The van der Waals surface area contributed by atoms with E-state index in [-0.39, 0.29) is 36.5 Å². The van der Waals surface area contributed by atoms with Crippen molar-refractivity contribution in [2.75, 3.05) is 27.4 Å². The zero-order chi connectivity index (χ0) is 43.9. The SMILES string of the molecule is CCCc1cc(COC)n2ccc(C(=O)NC3(C)CCOc4cc(F)c(F)cc43)c2n1.COCc1cc(C2CC2)nc2c(C(=O)NC3(C)CCOc4cc(F)c(F)cc43)ccn12. The zero-order valence-corrected chi connectivity index (χ0v) is 35.2. The smallest absolute Gasteiger partial charge is 0.255 e. The lowest BCUT2D eigenvalue weighted by Crippen LogP contribution is -2.46. The Morgan fingerprint density at radius 3 is 1.66 bits per heavy atom. The average molecular weight is 857 g/mol. The predicted molar refractivity (Wildman–Crippen MR) is 220 cm³/mol. The number of aromatic nitrogens is 4. The fraction of sp³-hybridized carbons (Fsp3) is 0.391. The standard InChI is InChI=1S/C23H23F2N3O3.C23H25F2N3O3/c1-23(6-8-31-20-11-18(25)17(24)10-16(20)23)27-22(29)15-5-7-28-14(12-30-2)9-19(13-3-4-13)26-21(15)28;1-4-5-14-10-15(13-30-3)28-8-6-16(21(28)26-14)22(29)27-23(2)7-9-31-20-12-19(25)18(24)11-17(20)23/h5,7,9-11,13H,3-4,6,8,12H2,1-2H3,(H,27,29);6,8,10-12H,4-5,7,9,13H2,1-3H3,(H,27,29). The number of benzene rings is 2. The molecule has 2 N–H and O–H groups in total. The van der Waals surface area contributed by atoms with Gasteiger partial charge in [0.25, 0.3) is 11.8 Å². The average Bonchev–Trinajstić information content (AvgIpc) is 3.84. The number of carbonyl (C=O) groups is 2. The number of ether oxygens (including phenoxy) is 4. The third kappa shape index (κ3) is 8.20. The second-order valence-electron chi connectivity index (χ2n) is 16.4. The highest BCUT2D eigenvalue weighted by molar-refractivity contribution is 6.01. The molecule has 0 saturated heterocycles. The molecule has 62 heavy (non-hydrogen) atoms. The summed E-state index contributed by atoms with van der Waals surface area (Å²) in [5.74, 6) is -3.68. The van der Waals surface area contributed by atoms with Crippen molar-refractivity contribution in [3.8, 4) is 11.5 Å². The van der Waals surface area contributed by atoms with E-state index in [0.717, 1.165) is 72.7 Å². The number of amides is 2. The Bertz CT molecular complexity index is 2700. The quantitative estimate of drug-likeness (QED) is 0.125. The fourth-order valence-corrected chi connectivity index (χ4v) is 8.26. The molecule has 1 saturated carbocycles. The van der Waals surface area contributed by atoms with Crippen LogP contribution in [0.15, 0.2) is 60.9 Å². The number of hydrogen-bond acceptors (Lipinski definition) is 8. The maximum Gasteiger partial charge on any atom is 0.255 e. The predicted octanol–water partition coefficient (Wildman–Crippen LogP) is 8.20. The lowest BCUT2D eigenvalue weighted by Gasteiger charge is -2.36. The van der Waals surface area contributed by atoms with Crippen molar-refractivity contribution in [1.82, 2.24) is 29.4 Å². The molecule has 12 nitrogen and oxygen atoms in total. The van der Waals surface area contributed by atoms with Gasteiger partial charge in [-0.2, -0.15) is 0 Å². The summed E-state index contributed by atoms with van der Waals surface area (Å²) in [7, 11) is 3.25. The van der Waals surface area contributed by atoms with Gasteiger partial charge in [0.2, 0.25) is 0 Å². The van der Waals surface area contributed by atoms with Gasteiger partial charge in [0, 0.05) is 80.0 Å². The molecule has 0 bridgehead atoms. The summed E-state index contributed by atoms with van der Waals surface area (Å²) in [5.41, 5.74) is 4.62. The van der Waals surface area contributed by atoms with Gasteiger partial charge in [0.15, 0.2) is 23.3 Å². The molecule has 9 rings (SSSR count). The molecule has 2 aliphatic heterocycles. The molecule has 2 unspecified atom stereocenters. The monoisotopic (exact) mass is 856 g/mol. The van der Waals surface area contributed by atoms with E-state index in [1.807, 2.05) is 20.9 Å². The molecule has 0 spiro atoms. The van der Waals surface area contributed by atoms with E-state index in [9.17, 15) is 27.2 Å². The van der Waals surface area contributed by atoms with Crippen molar-refractivity contribution in [3.05, 3.63) is 129 Å². The number of methoxy groups -OCH3 is 2. The minimum absolute atomic E-state index is 0.237. The first-order valence-corrected chi connectivity index (χ1v) is 20.6. The second kappa shape index (κ2) is 17.0. The van der Waals surface area contributed by atoms with Crippen molar-refractivity contribution in [3.63, 3.8) is 0 Å². The molecule has 1 fully saturated rings. The van der Waals surface area contributed by atoms with Crippen molar-refractivity contribution in [2.45, 2.75) is 89.5 Å². The number of carbonyl (C=O) groups excluding carboxylic acids is 2. The maximum atomic E-state index is 13.9. The van der Waals surface area contributed by atoms with Crippen LogP contribution in [0.1, 0.15) is 113 Å². The van der Waals surface area contributed by atoms with Gasteiger partial charge in [-0.15, -0.1) is 0 Å². The van der Waals surface area contributed by atoms with Crippen LogP contribution in [0.25, 0.3) is 11.3 Å². The summed E-state index contributed by atoms with van der Waals surface area (Å²) in [6, 6.07) is 11.7. The van der Waals surface area contributed by atoms with Crippen LogP contribution in [0.2, 0.25) is 0 Å². The van der Waals surface area contributed by atoms with Gasteiger partial charge in [-0.1, -0.05) is 13.3 Å². The molecule has 4 aromatic heterocycles. The highest BCUT2D eigenvalue weighted by atomic mass is 19.2. The normalized spacial score (nSPS) is 19.2. The van der Waals surface area contributed by atoms with Crippen molar-refractivity contribution < 1.29 is 46.1 Å². The third-order valence-corrected chi connectivity index (χ3v) is 11.8. The van der Waals surface area contributed by atoms with E-state index in [1.54, 1.807) is 52.6 Å². The molecule has 3 aliphatic rings. The molecule has 1 aliphatic carbocycles. The van der Waals surface area contributed by atoms with Gasteiger partial charge in [0.1, 0.15) is 22.8 Å².